The molecule has 1 N–H and O–H groups in total. The molecule has 1 aliphatic rings. The first kappa shape index (κ1) is 19.9. The third-order valence-corrected chi connectivity index (χ3v) is 4.36. The van der Waals surface area contributed by atoms with Crippen molar-refractivity contribution in [2.45, 2.75) is 32.3 Å². The summed E-state index contributed by atoms with van der Waals surface area (Å²) in [5, 5.41) is 2.73. The molecular formula is C22H25NO5. The van der Waals surface area contributed by atoms with E-state index in [9.17, 15) is 9.59 Å². The van der Waals surface area contributed by atoms with E-state index in [-0.39, 0.29) is 18.6 Å². The normalized spacial score (nSPS) is 12.7. The molecule has 2 aromatic rings. The molecule has 0 aromatic heterocycles. The summed E-state index contributed by atoms with van der Waals surface area (Å²) in [5.41, 5.74) is 1.47. The zero-order valence-corrected chi connectivity index (χ0v) is 16.1. The van der Waals surface area contributed by atoms with Gasteiger partial charge in [0.05, 0.1) is 6.10 Å². The van der Waals surface area contributed by atoms with Gasteiger partial charge in [0.1, 0.15) is 17.4 Å². The van der Waals surface area contributed by atoms with Gasteiger partial charge in [-0.3, -0.25) is 9.59 Å². The first-order valence-electron chi connectivity index (χ1n) is 9.47. The summed E-state index contributed by atoms with van der Waals surface area (Å²) >= 11 is 0. The number of hydrogen-bond donors (Lipinski definition) is 1. The standard InChI is InChI=1S/C22H25NO5/c1-15(2)26-13-7-12-23-20(24)14-27-22(25)21-16-8-3-5-10-18(16)28-19-11-6-4-9-17(19)21/h3-6,8-11,15,21H,7,12-14H2,1-2H3,(H,23,24). The first-order chi connectivity index (χ1) is 13.6. The van der Waals surface area contributed by atoms with E-state index in [4.69, 9.17) is 14.2 Å². The smallest absolute Gasteiger partial charge is 0.318 e. The van der Waals surface area contributed by atoms with E-state index >= 15 is 0 Å². The monoisotopic (exact) mass is 383 g/mol. The Hall–Kier alpha value is -2.86. The van der Waals surface area contributed by atoms with Crippen LogP contribution in [0.2, 0.25) is 0 Å². The van der Waals surface area contributed by atoms with Crippen molar-refractivity contribution in [2.24, 2.45) is 0 Å². The highest BCUT2D eigenvalue weighted by atomic mass is 16.5. The summed E-state index contributed by atoms with van der Waals surface area (Å²) in [4.78, 5) is 24.8. The van der Waals surface area contributed by atoms with Crippen LogP contribution in [-0.2, 0) is 19.1 Å². The lowest BCUT2D eigenvalue weighted by atomic mass is 9.88. The van der Waals surface area contributed by atoms with Crippen molar-refractivity contribution in [3.63, 3.8) is 0 Å². The summed E-state index contributed by atoms with van der Waals surface area (Å²) in [6.45, 7) is 4.67. The van der Waals surface area contributed by atoms with E-state index in [2.05, 4.69) is 5.32 Å². The third-order valence-electron chi connectivity index (χ3n) is 4.36. The van der Waals surface area contributed by atoms with Crippen LogP contribution < -0.4 is 10.1 Å². The number of fused-ring (bicyclic) bond motifs is 2. The second-order valence-electron chi connectivity index (χ2n) is 6.84. The van der Waals surface area contributed by atoms with Gasteiger partial charge in [0, 0.05) is 24.3 Å². The van der Waals surface area contributed by atoms with E-state index in [0.717, 1.165) is 11.1 Å². The molecular weight excluding hydrogens is 358 g/mol. The van der Waals surface area contributed by atoms with Crippen molar-refractivity contribution in [3.8, 4) is 11.5 Å². The molecule has 0 aliphatic carbocycles. The van der Waals surface area contributed by atoms with Gasteiger partial charge in [-0.2, -0.15) is 0 Å². The molecule has 1 aliphatic heterocycles. The zero-order valence-electron chi connectivity index (χ0n) is 16.1. The van der Waals surface area contributed by atoms with Crippen molar-refractivity contribution in [2.75, 3.05) is 19.8 Å². The number of hydrogen-bond acceptors (Lipinski definition) is 5. The fourth-order valence-electron chi connectivity index (χ4n) is 3.05. The topological polar surface area (TPSA) is 73.9 Å². The lowest BCUT2D eigenvalue weighted by molar-refractivity contribution is -0.149. The fourth-order valence-corrected chi connectivity index (χ4v) is 3.05. The highest BCUT2D eigenvalue weighted by Gasteiger charge is 2.33. The Kier molecular flexibility index (Phi) is 6.66. The van der Waals surface area contributed by atoms with Crippen LogP contribution >= 0.6 is 0 Å². The molecule has 0 fully saturated rings. The van der Waals surface area contributed by atoms with E-state index < -0.39 is 11.9 Å². The molecule has 1 amide bonds. The predicted octanol–water partition coefficient (Wildman–Crippen LogP) is 3.40. The SMILES string of the molecule is CC(C)OCCCNC(=O)COC(=O)C1c2ccccc2Oc2ccccc21. The Labute approximate surface area is 164 Å². The largest absolute Gasteiger partial charge is 0.457 e. The van der Waals surface area contributed by atoms with Crippen LogP contribution in [0.1, 0.15) is 37.3 Å². The van der Waals surface area contributed by atoms with Crippen LogP contribution in [-0.4, -0.2) is 37.7 Å². The molecule has 0 saturated heterocycles. The van der Waals surface area contributed by atoms with Gasteiger partial charge in [-0.15, -0.1) is 0 Å². The van der Waals surface area contributed by atoms with Crippen molar-refractivity contribution < 1.29 is 23.8 Å². The number of rotatable bonds is 8. The number of amides is 1. The Bertz CT molecular complexity index is 788. The molecule has 6 heteroatoms. The minimum absolute atomic E-state index is 0.168. The van der Waals surface area contributed by atoms with Crippen LogP contribution in [0, 0.1) is 0 Å². The van der Waals surface area contributed by atoms with Crippen molar-refractivity contribution in [1.82, 2.24) is 5.32 Å². The average Bonchev–Trinajstić information content (AvgIpc) is 2.69. The molecule has 1 heterocycles. The van der Waals surface area contributed by atoms with E-state index in [1.165, 1.54) is 0 Å². The van der Waals surface area contributed by atoms with Crippen LogP contribution in [0.15, 0.2) is 48.5 Å². The molecule has 2 aromatic carbocycles. The van der Waals surface area contributed by atoms with Gasteiger partial charge in [-0.1, -0.05) is 36.4 Å². The number of esters is 1. The minimum atomic E-state index is -0.617. The van der Waals surface area contributed by atoms with Gasteiger partial charge in [0.25, 0.3) is 5.91 Å². The highest BCUT2D eigenvalue weighted by Crippen LogP contribution is 2.44. The molecule has 0 bridgehead atoms. The van der Waals surface area contributed by atoms with E-state index in [1.807, 2.05) is 62.4 Å². The zero-order chi connectivity index (χ0) is 19.9. The summed E-state index contributed by atoms with van der Waals surface area (Å²) in [7, 11) is 0. The molecule has 0 atom stereocenters. The average molecular weight is 383 g/mol. The number of carbonyl (C=O) groups excluding carboxylic acids is 2. The van der Waals surface area contributed by atoms with Crippen LogP contribution in [0.4, 0.5) is 0 Å². The summed E-state index contributed by atoms with van der Waals surface area (Å²) in [6, 6.07) is 14.7. The highest BCUT2D eigenvalue weighted by molar-refractivity contribution is 5.87. The molecule has 0 saturated carbocycles. The molecule has 28 heavy (non-hydrogen) atoms. The second-order valence-corrected chi connectivity index (χ2v) is 6.84. The molecule has 3 rings (SSSR count). The van der Waals surface area contributed by atoms with Gasteiger partial charge < -0.3 is 19.5 Å². The maximum Gasteiger partial charge on any atom is 0.318 e. The van der Waals surface area contributed by atoms with Crippen LogP contribution in [0.25, 0.3) is 0 Å². The van der Waals surface area contributed by atoms with E-state index in [0.29, 0.717) is 31.1 Å². The Morgan fingerprint density at radius 3 is 2.25 bits per heavy atom. The first-order valence-corrected chi connectivity index (χ1v) is 9.47. The van der Waals surface area contributed by atoms with Crippen molar-refractivity contribution >= 4 is 11.9 Å². The van der Waals surface area contributed by atoms with Gasteiger partial charge in [-0.25, -0.2) is 0 Å². The number of nitrogens with one attached hydrogen (secondary N) is 1. The summed E-state index contributed by atoms with van der Waals surface area (Å²) in [5.74, 6) is -0.170. The molecule has 0 spiro atoms. The summed E-state index contributed by atoms with van der Waals surface area (Å²) < 4.78 is 16.6. The molecule has 0 radical (unpaired) electrons. The fraction of sp³-hybridized carbons (Fsp3) is 0.364. The number of ether oxygens (including phenoxy) is 3. The number of carbonyl (C=O) groups is 2. The second kappa shape index (κ2) is 9.37. The lowest BCUT2D eigenvalue weighted by Gasteiger charge is -2.26. The maximum atomic E-state index is 12.8. The Morgan fingerprint density at radius 2 is 1.64 bits per heavy atom. The summed E-state index contributed by atoms with van der Waals surface area (Å²) in [6.07, 6.45) is 0.875. The number of para-hydroxylation sites is 2. The van der Waals surface area contributed by atoms with Gasteiger partial charge in [0.15, 0.2) is 6.61 Å². The molecule has 0 unspecified atom stereocenters. The van der Waals surface area contributed by atoms with Gasteiger partial charge in [0.2, 0.25) is 0 Å². The lowest BCUT2D eigenvalue weighted by Crippen LogP contribution is -2.31. The third kappa shape index (κ3) is 4.89. The maximum absolute atomic E-state index is 12.8. The van der Waals surface area contributed by atoms with E-state index in [1.54, 1.807) is 0 Å². The van der Waals surface area contributed by atoms with Gasteiger partial charge >= 0.3 is 5.97 Å². The molecule has 148 valence electrons. The Balaban J connectivity index is 1.58. The molecule has 6 nitrogen and oxygen atoms in total. The van der Waals surface area contributed by atoms with Crippen LogP contribution in [0.3, 0.4) is 0 Å². The van der Waals surface area contributed by atoms with Gasteiger partial charge in [-0.05, 0) is 32.4 Å². The quantitative estimate of drug-likeness (QED) is 0.559. The Morgan fingerprint density at radius 1 is 1.04 bits per heavy atom. The minimum Gasteiger partial charge on any atom is -0.457 e. The van der Waals surface area contributed by atoms with Crippen molar-refractivity contribution in [1.29, 1.82) is 0 Å². The number of benzene rings is 2. The van der Waals surface area contributed by atoms with Crippen molar-refractivity contribution in [3.05, 3.63) is 59.7 Å². The van der Waals surface area contributed by atoms with Crippen LogP contribution in [0.5, 0.6) is 11.5 Å². The predicted molar refractivity (Wildman–Crippen MR) is 104 cm³/mol.